The highest BCUT2D eigenvalue weighted by Crippen LogP contribution is 2.34. The zero-order valence-corrected chi connectivity index (χ0v) is 11.7. The molecule has 1 aromatic heterocycles. The number of rotatable bonds is 3. The van der Waals surface area contributed by atoms with E-state index in [1.807, 2.05) is 24.3 Å². The van der Waals surface area contributed by atoms with Crippen molar-refractivity contribution in [3.63, 3.8) is 0 Å². The number of nitrogens with two attached hydrogens (primary N) is 2. The van der Waals surface area contributed by atoms with E-state index >= 15 is 0 Å². The molecule has 0 fully saturated rings. The van der Waals surface area contributed by atoms with Crippen LogP contribution in [0.2, 0.25) is 0 Å². The number of primary amides is 1. The number of anilines is 1. The molecule has 2 aromatic rings. The van der Waals surface area contributed by atoms with Crippen LogP contribution in [0.15, 0.2) is 50.9 Å². The summed E-state index contributed by atoms with van der Waals surface area (Å²) >= 11 is 4.80. The van der Waals surface area contributed by atoms with Crippen molar-refractivity contribution in [1.82, 2.24) is 4.98 Å². The number of benzene rings is 1. The van der Waals surface area contributed by atoms with Crippen molar-refractivity contribution in [2.45, 2.75) is 9.92 Å². The van der Waals surface area contributed by atoms with Crippen LogP contribution in [0.25, 0.3) is 0 Å². The molecule has 4 N–H and O–H groups in total. The molecule has 0 radical (unpaired) electrons. The largest absolute Gasteiger partial charge is 0.397 e. The van der Waals surface area contributed by atoms with E-state index in [1.165, 1.54) is 24.0 Å². The van der Waals surface area contributed by atoms with Crippen LogP contribution in [0.4, 0.5) is 5.69 Å². The van der Waals surface area contributed by atoms with Gasteiger partial charge >= 0.3 is 0 Å². The summed E-state index contributed by atoms with van der Waals surface area (Å²) in [5.41, 5.74) is 11.7. The third-order valence-electron chi connectivity index (χ3n) is 2.18. The molecule has 1 heterocycles. The SMILES string of the molecule is NC(=O)c1cc(N)cnc1Sc1ccccc1Br. The maximum absolute atomic E-state index is 11.4. The van der Waals surface area contributed by atoms with Crippen LogP contribution < -0.4 is 11.5 Å². The average Bonchev–Trinajstić information content (AvgIpc) is 2.34. The summed E-state index contributed by atoms with van der Waals surface area (Å²) in [6, 6.07) is 9.21. The molecule has 0 bridgehead atoms. The first-order chi connectivity index (χ1) is 8.58. The molecule has 0 aliphatic heterocycles. The fraction of sp³-hybridized carbons (Fsp3) is 0. The Labute approximate surface area is 117 Å². The lowest BCUT2D eigenvalue weighted by Gasteiger charge is -2.07. The standard InChI is InChI=1S/C12H10BrN3OS/c13-9-3-1-2-4-10(9)18-12-8(11(15)17)5-7(14)6-16-12/h1-6H,14H2,(H2,15,17). The van der Waals surface area contributed by atoms with Gasteiger partial charge < -0.3 is 11.5 Å². The Bertz CT molecular complexity index is 604. The fourth-order valence-corrected chi connectivity index (χ4v) is 2.78. The monoisotopic (exact) mass is 323 g/mol. The minimum Gasteiger partial charge on any atom is -0.397 e. The van der Waals surface area contributed by atoms with Crippen molar-refractivity contribution in [3.8, 4) is 0 Å². The van der Waals surface area contributed by atoms with Crippen LogP contribution in [0.5, 0.6) is 0 Å². The van der Waals surface area contributed by atoms with Crippen LogP contribution in [0.3, 0.4) is 0 Å². The molecule has 0 aliphatic carbocycles. The second kappa shape index (κ2) is 5.41. The Morgan fingerprint density at radius 3 is 2.72 bits per heavy atom. The topological polar surface area (TPSA) is 82.0 Å². The van der Waals surface area contributed by atoms with E-state index in [0.717, 1.165) is 9.37 Å². The van der Waals surface area contributed by atoms with Gasteiger partial charge in [0.1, 0.15) is 5.03 Å². The first-order valence-corrected chi connectivity index (χ1v) is 6.66. The minimum absolute atomic E-state index is 0.329. The fourth-order valence-electron chi connectivity index (χ4n) is 1.36. The van der Waals surface area contributed by atoms with E-state index in [9.17, 15) is 4.79 Å². The number of carbonyl (C=O) groups excluding carboxylic acids is 1. The van der Waals surface area contributed by atoms with E-state index in [0.29, 0.717) is 16.3 Å². The van der Waals surface area contributed by atoms with Gasteiger partial charge in [-0.2, -0.15) is 0 Å². The van der Waals surface area contributed by atoms with Crippen molar-refractivity contribution in [1.29, 1.82) is 0 Å². The zero-order chi connectivity index (χ0) is 13.1. The third-order valence-corrected chi connectivity index (χ3v) is 4.23. The molecule has 0 atom stereocenters. The average molecular weight is 324 g/mol. The molecule has 0 saturated heterocycles. The lowest BCUT2D eigenvalue weighted by Crippen LogP contribution is -2.13. The van der Waals surface area contributed by atoms with Crippen LogP contribution in [-0.2, 0) is 0 Å². The van der Waals surface area contributed by atoms with Crippen LogP contribution in [0.1, 0.15) is 10.4 Å². The molecule has 2 rings (SSSR count). The quantitative estimate of drug-likeness (QED) is 0.909. The normalized spacial score (nSPS) is 10.3. The van der Waals surface area contributed by atoms with E-state index in [4.69, 9.17) is 11.5 Å². The van der Waals surface area contributed by atoms with Crippen LogP contribution in [0, 0.1) is 0 Å². The van der Waals surface area contributed by atoms with Gasteiger partial charge in [0.05, 0.1) is 17.4 Å². The predicted molar refractivity (Wildman–Crippen MR) is 75.4 cm³/mol. The van der Waals surface area contributed by atoms with Gasteiger partial charge in [-0.1, -0.05) is 23.9 Å². The van der Waals surface area contributed by atoms with E-state index in [2.05, 4.69) is 20.9 Å². The molecule has 1 amide bonds. The summed E-state index contributed by atoms with van der Waals surface area (Å²) in [6.45, 7) is 0. The minimum atomic E-state index is -0.538. The Morgan fingerprint density at radius 1 is 1.33 bits per heavy atom. The second-order valence-corrected chi connectivity index (χ2v) is 5.40. The molecule has 0 spiro atoms. The van der Waals surface area contributed by atoms with Crippen molar-refractivity contribution in [3.05, 3.63) is 46.6 Å². The molecule has 92 valence electrons. The molecule has 6 heteroatoms. The summed E-state index contributed by atoms with van der Waals surface area (Å²) in [7, 11) is 0. The number of aromatic nitrogens is 1. The van der Waals surface area contributed by atoms with Crippen molar-refractivity contribution < 1.29 is 4.79 Å². The summed E-state index contributed by atoms with van der Waals surface area (Å²) in [4.78, 5) is 16.5. The summed E-state index contributed by atoms with van der Waals surface area (Å²) in [5, 5.41) is 0.545. The number of nitrogen functional groups attached to an aromatic ring is 1. The van der Waals surface area contributed by atoms with E-state index in [-0.39, 0.29) is 0 Å². The summed E-state index contributed by atoms with van der Waals surface area (Å²) in [6.07, 6.45) is 1.51. The molecule has 4 nitrogen and oxygen atoms in total. The Kier molecular flexibility index (Phi) is 3.88. The molecule has 0 saturated carbocycles. The van der Waals surface area contributed by atoms with Crippen molar-refractivity contribution >= 4 is 39.3 Å². The number of nitrogens with zero attached hydrogens (tertiary/aromatic N) is 1. The molecule has 0 aliphatic rings. The van der Waals surface area contributed by atoms with E-state index in [1.54, 1.807) is 0 Å². The van der Waals surface area contributed by atoms with Crippen molar-refractivity contribution in [2.24, 2.45) is 5.73 Å². The molecular weight excluding hydrogens is 314 g/mol. The van der Waals surface area contributed by atoms with Crippen molar-refractivity contribution in [2.75, 3.05) is 5.73 Å². The molecule has 1 aromatic carbocycles. The lowest BCUT2D eigenvalue weighted by molar-refractivity contribution is 0.0997. The number of carbonyl (C=O) groups is 1. The van der Waals surface area contributed by atoms with Gasteiger partial charge in [0.25, 0.3) is 5.91 Å². The Morgan fingerprint density at radius 2 is 2.06 bits per heavy atom. The number of amides is 1. The van der Waals surface area contributed by atoms with Gasteiger partial charge in [0.15, 0.2) is 0 Å². The van der Waals surface area contributed by atoms with Crippen LogP contribution >= 0.6 is 27.7 Å². The highest BCUT2D eigenvalue weighted by molar-refractivity contribution is 9.10. The second-order valence-electron chi connectivity index (χ2n) is 3.52. The number of hydrogen-bond donors (Lipinski definition) is 2. The zero-order valence-electron chi connectivity index (χ0n) is 9.26. The Balaban J connectivity index is 2.41. The maximum atomic E-state index is 11.4. The van der Waals surface area contributed by atoms with Crippen LogP contribution in [-0.4, -0.2) is 10.9 Å². The highest BCUT2D eigenvalue weighted by Gasteiger charge is 2.12. The molecule has 18 heavy (non-hydrogen) atoms. The summed E-state index contributed by atoms with van der Waals surface area (Å²) in [5.74, 6) is -0.538. The first kappa shape index (κ1) is 12.9. The van der Waals surface area contributed by atoms with Gasteiger partial charge in [-0.15, -0.1) is 0 Å². The van der Waals surface area contributed by atoms with Gasteiger partial charge in [-0.3, -0.25) is 4.79 Å². The summed E-state index contributed by atoms with van der Waals surface area (Å²) < 4.78 is 0.934. The van der Waals surface area contributed by atoms with Gasteiger partial charge in [0.2, 0.25) is 0 Å². The third kappa shape index (κ3) is 2.83. The Hall–Kier alpha value is -1.53. The maximum Gasteiger partial charge on any atom is 0.251 e. The number of pyridine rings is 1. The van der Waals surface area contributed by atoms with Gasteiger partial charge in [-0.05, 0) is 34.1 Å². The number of halogens is 1. The molecular formula is C12H10BrN3OS. The van der Waals surface area contributed by atoms with Gasteiger partial charge in [0, 0.05) is 9.37 Å². The lowest BCUT2D eigenvalue weighted by atomic mass is 10.2. The smallest absolute Gasteiger partial charge is 0.251 e. The highest BCUT2D eigenvalue weighted by atomic mass is 79.9. The molecule has 0 unspecified atom stereocenters. The first-order valence-electron chi connectivity index (χ1n) is 5.05. The van der Waals surface area contributed by atoms with Gasteiger partial charge in [-0.25, -0.2) is 4.98 Å². The number of hydrogen-bond acceptors (Lipinski definition) is 4. The van der Waals surface area contributed by atoms with E-state index < -0.39 is 5.91 Å². The predicted octanol–water partition coefficient (Wildman–Crippen LogP) is 2.68.